The van der Waals surface area contributed by atoms with Gasteiger partial charge in [0.1, 0.15) is 0 Å². The fourth-order valence-electron chi connectivity index (χ4n) is 3.19. The Bertz CT molecular complexity index is 507. The molecule has 0 aliphatic carbocycles. The molecular weight excluding hydrogens is 288 g/mol. The normalized spacial score (nSPS) is 16.9. The fraction of sp³-hybridized carbons (Fsp3) is 0.579. The monoisotopic (exact) mass is 316 g/mol. The second-order valence-corrected chi connectivity index (χ2v) is 6.60. The summed E-state index contributed by atoms with van der Waals surface area (Å²) >= 11 is 0. The minimum absolute atomic E-state index is 0.0898. The van der Waals surface area contributed by atoms with Crippen molar-refractivity contribution in [3.63, 3.8) is 0 Å². The molecule has 0 saturated carbocycles. The Kier molecular flexibility index (Phi) is 6.63. The molecule has 1 aliphatic rings. The van der Waals surface area contributed by atoms with Crippen molar-refractivity contribution in [3.05, 3.63) is 35.9 Å². The summed E-state index contributed by atoms with van der Waals surface area (Å²) < 4.78 is 0. The van der Waals surface area contributed by atoms with Gasteiger partial charge in [0, 0.05) is 31.1 Å². The van der Waals surface area contributed by atoms with Gasteiger partial charge in [-0.2, -0.15) is 0 Å². The molecule has 0 unspecified atom stereocenters. The predicted octanol–water partition coefficient (Wildman–Crippen LogP) is 3.23. The van der Waals surface area contributed by atoms with Crippen LogP contribution < -0.4 is 5.32 Å². The number of piperidine rings is 1. The molecule has 1 heterocycles. The smallest absolute Gasteiger partial charge is 0.253 e. The lowest BCUT2D eigenvalue weighted by molar-refractivity contribution is -0.122. The number of likely N-dealkylation sites (tertiary alicyclic amines) is 1. The molecule has 0 bridgehead atoms. The molecule has 1 N–H and O–H groups in total. The number of carbonyl (C=O) groups excluding carboxylic acids is 2. The topological polar surface area (TPSA) is 49.4 Å². The second-order valence-electron chi connectivity index (χ2n) is 6.60. The van der Waals surface area contributed by atoms with Gasteiger partial charge in [-0.1, -0.05) is 44.9 Å². The third-order valence-corrected chi connectivity index (χ3v) is 4.48. The summed E-state index contributed by atoms with van der Waals surface area (Å²) in [5.41, 5.74) is 0.739. The zero-order valence-corrected chi connectivity index (χ0v) is 14.3. The largest absolute Gasteiger partial charge is 0.353 e. The molecule has 1 atom stereocenters. The highest BCUT2D eigenvalue weighted by molar-refractivity contribution is 5.94. The summed E-state index contributed by atoms with van der Waals surface area (Å²) in [6, 6.07) is 9.60. The maximum atomic E-state index is 12.4. The standard InChI is InChI=1S/C19H28N2O2/c1-3-7-15(2)14-18(22)20-17-10-12-21(13-11-17)19(23)16-8-5-4-6-9-16/h4-6,8-9,15,17H,3,7,10-14H2,1-2H3,(H,20,22)/t15-/m0/s1. The van der Waals surface area contributed by atoms with Crippen LogP contribution in [-0.4, -0.2) is 35.8 Å². The predicted molar refractivity (Wildman–Crippen MR) is 92.2 cm³/mol. The van der Waals surface area contributed by atoms with Gasteiger partial charge in [-0.15, -0.1) is 0 Å². The highest BCUT2D eigenvalue weighted by Crippen LogP contribution is 2.15. The molecule has 23 heavy (non-hydrogen) atoms. The zero-order valence-electron chi connectivity index (χ0n) is 14.3. The summed E-state index contributed by atoms with van der Waals surface area (Å²) in [5.74, 6) is 0.686. The van der Waals surface area contributed by atoms with Crippen molar-refractivity contribution >= 4 is 11.8 Å². The third kappa shape index (κ3) is 5.38. The average molecular weight is 316 g/mol. The van der Waals surface area contributed by atoms with Gasteiger partial charge in [0.05, 0.1) is 0 Å². The Morgan fingerprint density at radius 1 is 1.22 bits per heavy atom. The van der Waals surface area contributed by atoms with Crippen molar-refractivity contribution in [3.8, 4) is 0 Å². The minimum Gasteiger partial charge on any atom is -0.353 e. The molecule has 1 saturated heterocycles. The van der Waals surface area contributed by atoms with Crippen molar-refractivity contribution in [1.29, 1.82) is 0 Å². The van der Waals surface area contributed by atoms with Gasteiger partial charge in [0.2, 0.25) is 5.91 Å². The van der Waals surface area contributed by atoms with E-state index in [4.69, 9.17) is 0 Å². The average Bonchev–Trinajstić information content (AvgIpc) is 2.56. The molecule has 1 aliphatic heterocycles. The molecule has 4 heteroatoms. The Morgan fingerprint density at radius 3 is 2.48 bits per heavy atom. The lowest BCUT2D eigenvalue weighted by Crippen LogP contribution is -2.46. The summed E-state index contributed by atoms with van der Waals surface area (Å²) in [6.07, 6.45) is 4.50. The van der Waals surface area contributed by atoms with Crippen LogP contribution in [0.1, 0.15) is 56.3 Å². The molecule has 1 aromatic rings. The zero-order chi connectivity index (χ0) is 16.7. The van der Waals surface area contributed by atoms with Crippen molar-refractivity contribution in [2.75, 3.05) is 13.1 Å². The Labute approximate surface area is 139 Å². The van der Waals surface area contributed by atoms with Gasteiger partial charge in [0.25, 0.3) is 5.91 Å². The van der Waals surface area contributed by atoms with E-state index in [1.54, 1.807) is 0 Å². The van der Waals surface area contributed by atoms with E-state index in [1.165, 1.54) is 0 Å². The molecule has 0 radical (unpaired) electrons. The third-order valence-electron chi connectivity index (χ3n) is 4.48. The van der Waals surface area contributed by atoms with E-state index in [0.29, 0.717) is 25.4 Å². The van der Waals surface area contributed by atoms with E-state index in [2.05, 4.69) is 19.2 Å². The molecule has 0 aromatic heterocycles. The molecule has 2 rings (SSSR count). The Morgan fingerprint density at radius 2 is 1.87 bits per heavy atom. The minimum atomic E-state index is 0.0898. The number of hydrogen-bond donors (Lipinski definition) is 1. The molecule has 0 spiro atoms. The summed E-state index contributed by atoms with van der Waals surface area (Å²) in [4.78, 5) is 26.3. The molecule has 2 amide bonds. The number of nitrogens with zero attached hydrogens (tertiary/aromatic N) is 1. The lowest BCUT2D eigenvalue weighted by Gasteiger charge is -2.32. The first-order valence-corrected chi connectivity index (χ1v) is 8.73. The van der Waals surface area contributed by atoms with Crippen molar-refractivity contribution in [1.82, 2.24) is 10.2 Å². The van der Waals surface area contributed by atoms with E-state index in [9.17, 15) is 9.59 Å². The number of hydrogen-bond acceptors (Lipinski definition) is 2. The quantitative estimate of drug-likeness (QED) is 0.876. The Hall–Kier alpha value is -1.84. The number of rotatable bonds is 6. The van der Waals surface area contributed by atoms with E-state index in [1.807, 2.05) is 35.2 Å². The van der Waals surface area contributed by atoms with Crippen molar-refractivity contribution in [2.45, 2.75) is 52.0 Å². The maximum Gasteiger partial charge on any atom is 0.253 e. The first-order valence-electron chi connectivity index (χ1n) is 8.73. The number of amides is 2. The Balaban J connectivity index is 1.75. The number of benzene rings is 1. The van der Waals surface area contributed by atoms with Gasteiger partial charge in [0.15, 0.2) is 0 Å². The highest BCUT2D eigenvalue weighted by Gasteiger charge is 2.24. The highest BCUT2D eigenvalue weighted by atomic mass is 16.2. The lowest BCUT2D eigenvalue weighted by atomic mass is 10.00. The first kappa shape index (κ1) is 17.5. The van der Waals surface area contributed by atoms with Crippen LogP contribution in [-0.2, 0) is 4.79 Å². The molecule has 1 fully saturated rings. The number of nitrogens with one attached hydrogen (secondary N) is 1. The summed E-state index contributed by atoms with van der Waals surface area (Å²) in [6.45, 7) is 5.70. The first-order chi connectivity index (χ1) is 11.1. The summed E-state index contributed by atoms with van der Waals surface area (Å²) in [7, 11) is 0. The maximum absolute atomic E-state index is 12.4. The van der Waals surface area contributed by atoms with Crippen molar-refractivity contribution in [2.24, 2.45) is 5.92 Å². The van der Waals surface area contributed by atoms with Crippen LogP contribution in [0.15, 0.2) is 30.3 Å². The van der Waals surface area contributed by atoms with E-state index in [-0.39, 0.29) is 17.9 Å². The molecular formula is C19H28N2O2. The van der Waals surface area contributed by atoms with Gasteiger partial charge in [-0.3, -0.25) is 9.59 Å². The summed E-state index contributed by atoms with van der Waals surface area (Å²) in [5, 5.41) is 3.13. The van der Waals surface area contributed by atoms with Crippen LogP contribution in [0.4, 0.5) is 0 Å². The van der Waals surface area contributed by atoms with Crippen LogP contribution in [0.2, 0.25) is 0 Å². The number of carbonyl (C=O) groups is 2. The molecule has 4 nitrogen and oxygen atoms in total. The van der Waals surface area contributed by atoms with E-state index >= 15 is 0 Å². The van der Waals surface area contributed by atoms with Gasteiger partial charge >= 0.3 is 0 Å². The van der Waals surface area contributed by atoms with Crippen LogP contribution in [0.5, 0.6) is 0 Å². The second kappa shape index (κ2) is 8.70. The van der Waals surface area contributed by atoms with Crippen molar-refractivity contribution < 1.29 is 9.59 Å². The van der Waals surface area contributed by atoms with Gasteiger partial charge in [-0.25, -0.2) is 0 Å². The molecule has 126 valence electrons. The van der Waals surface area contributed by atoms with Crippen LogP contribution in [0, 0.1) is 5.92 Å². The SMILES string of the molecule is CCC[C@H](C)CC(=O)NC1CCN(C(=O)c2ccccc2)CC1. The van der Waals surface area contributed by atoms with E-state index < -0.39 is 0 Å². The van der Waals surface area contributed by atoms with Gasteiger partial charge in [-0.05, 0) is 30.9 Å². The fourth-order valence-corrected chi connectivity index (χ4v) is 3.19. The van der Waals surface area contributed by atoms with Crippen LogP contribution in [0.25, 0.3) is 0 Å². The van der Waals surface area contributed by atoms with E-state index in [0.717, 1.165) is 31.2 Å². The molecule has 1 aromatic carbocycles. The van der Waals surface area contributed by atoms with Crippen LogP contribution in [0.3, 0.4) is 0 Å². The van der Waals surface area contributed by atoms with Gasteiger partial charge < -0.3 is 10.2 Å². The van der Waals surface area contributed by atoms with Crippen LogP contribution >= 0.6 is 0 Å².